The molecule has 0 unspecified atom stereocenters. The van der Waals surface area contributed by atoms with Crippen molar-refractivity contribution in [3.05, 3.63) is 28.8 Å². The number of hydrogen-bond donors (Lipinski definition) is 3. The maximum atomic E-state index is 12.4. The summed E-state index contributed by atoms with van der Waals surface area (Å²) in [6.45, 7) is 4.11. The van der Waals surface area contributed by atoms with Crippen molar-refractivity contribution < 1.29 is 9.59 Å². The molecule has 0 bridgehead atoms. The quantitative estimate of drug-likeness (QED) is 0.745. The Hall–Kier alpha value is -1.30. The number of carbonyl (C=O) groups excluding carboxylic acids is 2. The van der Waals surface area contributed by atoms with Crippen LogP contribution in [0.3, 0.4) is 0 Å². The van der Waals surface area contributed by atoms with Gasteiger partial charge >= 0.3 is 0 Å². The first-order valence-electron chi connectivity index (χ1n) is 6.51. The van der Waals surface area contributed by atoms with Crippen LogP contribution < -0.4 is 16.8 Å². The SMILES string of the molecule is CCC(CC)(CN)C(=O)Nc1ccc(Cl)c(C(N)=O)c1.Cl. The lowest BCUT2D eigenvalue weighted by Crippen LogP contribution is -2.41. The highest BCUT2D eigenvalue weighted by molar-refractivity contribution is 6.34. The molecule has 118 valence electrons. The van der Waals surface area contributed by atoms with Crippen LogP contribution in [0.4, 0.5) is 5.69 Å². The third-order valence-electron chi connectivity index (χ3n) is 3.72. The summed E-state index contributed by atoms with van der Waals surface area (Å²) in [6, 6.07) is 4.62. The van der Waals surface area contributed by atoms with Crippen LogP contribution in [0.5, 0.6) is 0 Å². The van der Waals surface area contributed by atoms with Crippen molar-refractivity contribution in [2.24, 2.45) is 16.9 Å². The average molecular weight is 334 g/mol. The van der Waals surface area contributed by atoms with Crippen molar-refractivity contribution in [1.29, 1.82) is 0 Å². The zero-order chi connectivity index (χ0) is 15.3. The first kappa shape index (κ1) is 19.7. The van der Waals surface area contributed by atoms with Crippen molar-refractivity contribution in [1.82, 2.24) is 0 Å². The number of carbonyl (C=O) groups is 2. The Labute approximate surface area is 135 Å². The van der Waals surface area contributed by atoms with Gasteiger partial charge in [0.25, 0.3) is 0 Å². The predicted octanol–water partition coefficient (Wildman–Crippen LogP) is 2.56. The molecule has 0 aliphatic carbocycles. The highest BCUT2D eigenvalue weighted by Crippen LogP contribution is 2.28. The number of hydrogen-bond acceptors (Lipinski definition) is 3. The summed E-state index contributed by atoms with van der Waals surface area (Å²) >= 11 is 5.87. The number of rotatable bonds is 6. The fraction of sp³-hybridized carbons (Fsp3) is 0.429. The van der Waals surface area contributed by atoms with Crippen molar-refractivity contribution in [2.45, 2.75) is 26.7 Å². The molecule has 21 heavy (non-hydrogen) atoms. The van der Waals surface area contributed by atoms with E-state index < -0.39 is 11.3 Å². The predicted molar refractivity (Wildman–Crippen MR) is 87.9 cm³/mol. The Bertz CT molecular complexity index is 509. The second kappa shape index (κ2) is 8.22. The maximum absolute atomic E-state index is 12.4. The number of primary amides is 1. The highest BCUT2D eigenvalue weighted by atomic mass is 35.5. The fourth-order valence-corrected chi connectivity index (χ4v) is 2.22. The van der Waals surface area contributed by atoms with E-state index in [1.54, 1.807) is 6.07 Å². The van der Waals surface area contributed by atoms with Crippen molar-refractivity contribution >= 4 is 41.5 Å². The summed E-state index contributed by atoms with van der Waals surface area (Å²) in [7, 11) is 0. The van der Waals surface area contributed by atoms with E-state index in [0.717, 1.165) is 0 Å². The Kier molecular flexibility index (Phi) is 7.71. The Morgan fingerprint density at radius 2 is 1.86 bits per heavy atom. The number of nitrogens with one attached hydrogen (secondary N) is 1. The lowest BCUT2D eigenvalue weighted by Gasteiger charge is -2.28. The lowest BCUT2D eigenvalue weighted by molar-refractivity contribution is -0.125. The van der Waals surface area contributed by atoms with Crippen LogP contribution in [0.2, 0.25) is 5.02 Å². The third-order valence-corrected chi connectivity index (χ3v) is 4.05. The van der Waals surface area contributed by atoms with Gasteiger partial charge in [0, 0.05) is 12.2 Å². The standard InChI is InChI=1S/C14H20ClN3O2.ClH/c1-3-14(4-2,8-16)13(20)18-9-5-6-11(15)10(7-9)12(17)19;/h5-7H,3-4,8,16H2,1-2H3,(H2,17,19)(H,18,20);1H. The van der Waals surface area contributed by atoms with Crippen LogP contribution in [0.1, 0.15) is 37.0 Å². The molecule has 0 saturated heterocycles. The molecule has 0 aliphatic rings. The monoisotopic (exact) mass is 333 g/mol. The molecule has 1 aromatic carbocycles. The van der Waals surface area contributed by atoms with Gasteiger partial charge in [-0.15, -0.1) is 12.4 Å². The molecule has 2 amide bonds. The largest absolute Gasteiger partial charge is 0.366 e. The maximum Gasteiger partial charge on any atom is 0.250 e. The van der Waals surface area contributed by atoms with Crippen LogP contribution in [-0.4, -0.2) is 18.4 Å². The first-order valence-corrected chi connectivity index (χ1v) is 6.89. The third kappa shape index (κ3) is 4.33. The van der Waals surface area contributed by atoms with Gasteiger partial charge in [-0.25, -0.2) is 0 Å². The van der Waals surface area contributed by atoms with E-state index in [1.165, 1.54) is 12.1 Å². The molecule has 0 atom stereocenters. The molecular formula is C14H21Cl2N3O2. The minimum Gasteiger partial charge on any atom is -0.366 e. The fourth-order valence-electron chi connectivity index (χ4n) is 2.01. The molecular weight excluding hydrogens is 313 g/mol. The smallest absolute Gasteiger partial charge is 0.250 e. The van der Waals surface area contributed by atoms with Crippen molar-refractivity contribution in [3.63, 3.8) is 0 Å². The molecule has 1 rings (SSSR count). The van der Waals surface area contributed by atoms with E-state index in [2.05, 4.69) is 5.32 Å². The first-order chi connectivity index (χ1) is 9.40. The van der Waals surface area contributed by atoms with Crippen LogP contribution in [0, 0.1) is 5.41 Å². The van der Waals surface area contributed by atoms with Gasteiger partial charge in [-0.2, -0.15) is 0 Å². The van der Waals surface area contributed by atoms with Crippen LogP contribution in [-0.2, 0) is 4.79 Å². The van der Waals surface area contributed by atoms with E-state index in [-0.39, 0.29) is 35.4 Å². The minimum atomic E-state index is -0.637. The molecule has 0 spiro atoms. The second-order valence-electron chi connectivity index (χ2n) is 4.70. The molecule has 5 N–H and O–H groups in total. The zero-order valence-electron chi connectivity index (χ0n) is 12.1. The molecule has 0 radical (unpaired) electrons. The van der Waals surface area contributed by atoms with E-state index in [0.29, 0.717) is 18.5 Å². The Morgan fingerprint density at radius 3 is 2.29 bits per heavy atom. The molecule has 7 heteroatoms. The highest BCUT2D eigenvalue weighted by Gasteiger charge is 2.33. The second-order valence-corrected chi connectivity index (χ2v) is 5.11. The van der Waals surface area contributed by atoms with Gasteiger partial charge in [0.05, 0.1) is 16.0 Å². The molecule has 1 aromatic rings. The molecule has 0 aromatic heterocycles. The van der Waals surface area contributed by atoms with Crippen LogP contribution in [0.25, 0.3) is 0 Å². The van der Waals surface area contributed by atoms with Gasteiger partial charge in [-0.3, -0.25) is 9.59 Å². The van der Waals surface area contributed by atoms with Gasteiger partial charge in [-0.1, -0.05) is 25.4 Å². The van der Waals surface area contributed by atoms with Gasteiger partial charge in [0.1, 0.15) is 0 Å². The summed E-state index contributed by atoms with van der Waals surface area (Å²) in [4.78, 5) is 23.6. The van der Waals surface area contributed by atoms with E-state index in [9.17, 15) is 9.59 Å². The molecule has 0 fully saturated rings. The summed E-state index contributed by atoms with van der Waals surface area (Å²) < 4.78 is 0. The van der Waals surface area contributed by atoms with Crippen molar-refractivity contribution in [3.8, 4) is 0 Å². The van der Waals surface area contributed by atoms with E-state index in [4.69, 9.17) is 23.1 Å². The Morgan fingerprint density at radius 1 is 1.29 bits per heavy atom. The Balaban J connectivity index is 0.00000400. The number of benzene rings is 1. The molecule has 0 heterocycles. The van der Waals surface area contributed by atoms with Crippen LogP contribution in [0.15, 0.2) is 18.2 Å². The van der Waals surface area contributed by atoms with Crippen molar-refractivity contribution in [2.75, 3.05) is 11.9 Å². The average Bonchev–Trinajstić information content (AvgIpc) is 2.43. The molecule has 5 nitrogen and oxygen atoms in total. The molecule has 0 saturated carbocycles. The van der Waals surface area contributed by atoms with Crippen LogP contribution >= 0.6 is 24.0 Å². The van der Waals surface area contributed by atoms with E-state index in [1.807, 2.05) is 13.8 Å². The normalized spacial score (nSPS) is 10.7. The van der Waals surface area contributed by atoms with E-state index >= 15 is 0 Å². The summed E-state index contributed by atoms with van der Waals surface area (Å²) in [5, 5.41) is 3.03. The van der Waals surface area contributed by atoms with Gasteiger partial charge < -0.3 is 16.8 Å². The number of nitrogens with two attached hydrogens (primary N) is 2. The summed E-state index contributed by atoms with van der Waals surface area (Å²) in [5.41, 5.74) is 11.0. The zero-order valence-corrected chi connectivity index (χ0v) is 13.7. The lowest BCUT2D eigenvalue weighted by atomic mass is 9.81. The number of anilines is 1. The number of amides is 2. The summed E-state index contributed by atoms with van der Waals surface area (Å²) in [6.07, 6.45) is 1.28. The van der Waals surface area contributed by atoms with Gasteiger partial charge in [0.2, 0.25) is 11.8 Å². The minimum absolute atomic E-state index is 0. The topological polar surface area (TPSA) is 98.2 Å². The molecule has 0 aliphatic heterocycles. The van der Waals surface area contributed by atoms with Gasteiger partial charge in [-0.05, 0) is 31.0 Å². The number of halogens is 2. The van der Waals surface area contributed by atoms with Gasteiger partial charge in [0.15, 0.2) is 0 Å². The summed E-state index contributed by atoms with van der Waals surface area (Å²) in [5.74, 6) is -0.801.